The maximum Gasteiger partial charge on any atom is 0.282 e. The van der Waals surface area contributed by atoms with Crippen molar-refractivity contribution in [3.05, 3.63) is 35.9 Å². The van der Waals surface area contributed by atoms with Gasteiger partial charge in [-0.05, 0) is 103 Å². The number of hydrogen-bond acceptors (Lipinski definition) is 9. The first-order chi connectivity index (χ1) is 22.1. The van der Waals surface area contributed by atoms with Crippen molar-refractivity contribution in [1.29, 1.82) is 0 Å². The topological polar surface area (TPSA) is 113 Å². The van der Waals surface area contributed by atoms with Crippen molar-refractivity contribution in [2.45, 2.75) is 77.3 Å². The molecule has 1 aromatic carbocycles. The molecule has 1 atom stereocenters. The third-order valence-corrected chi connectivity index (χ3v) is 10.8. The minimum absolute atomic E-state index is 0.00583. The van der Waals surface area contributed by atoms with E-state index in [1.807, 2.05) is 20.8 Å². The number of hydrogen-bond donors (Lipinski definition) is 1. The summed E-state index contributed by atoms with van der Waals surface area (Å²) in [6.45, 7) is 11.8. The largest absolute Gasteiger partial charge is 0.434 e. The number of nitrogens with zero attached hydrogens (tertiary/aromatic N) is 6. The van der Waals surface area contributed by atoms with Crippen molar-refractivity contribution < 1.29 is 23.5 Å². The minimum atomic E-state index is -0.505. The second-order valence-electron chi connectivity index (χ2n) is 14.2. The second-order valence-corrected chi connectivity index (χ2v) is 14.2. The lowest BCUT2D eigenvalue weighted by Crippen LogP contribution is -2.61. The highest BCUT2D eigenvalue weighted by molar-refractivity contribution is 5.97. The predicted octanol–water partition coefficient (Wildman–Crippen LogP) is 4.29. The number of likely N-dealkylation sites (tertiary alicyclic amines) is 1. The molecule has 12 heteroatoms. The molecule has 1 aliphatic carbocycles. The molecule has 3 saturated heterocycles. The highest BCUT2D eigenvalue weighted by atomic mass is 19.1. The van der Waals surface area contributed by atoms with Gasteiger partial charge in [0, 0.05) is 50.3 Å². The number of benzene rings is 1. The lowest BCUT2D eigenvalue weighted by molar-refractivity contribution is -0.124. The molecule has 1 unspecified atom stereocenters. The Morgan fingerprint density at radius 3 is 2.59 bits per heavy atom. The number of rotatable bonds is 10. The van der Waals surface area contributed by atoms with Crippen LogP contribution in [-0.4, -0.2) is 101 Å². The Hall–Kier alpha value is -3.38. The van der Waals surface area contributed by atoms with Gasteiger partial charge in [-0.1, -0.05) is 0 Å². The molecule has 46 heavy (non-hydrogen) atoms. The van der Waals surface area contributed by atoms with E-state index in [1.54, 1.807) is 12.0 Å². The van der Waals surface area contributed by atoms with Crippen LogP contribution in [0.25, 0.3) is 0 Å². The standard InChI is InChI=1S/C34H48FN7O4/c1-5-42(23(2)3)32(44)27-16-26(35)6-7-28(27)46-31-29(36-22-37-39-31)41-20-33(21-41)12-14-40(15-13-33)18-24-8-10-34(11-9-24)17-25(19-45-4)30(43)38-34/h6-7,16,22-25H,5,8-15,17-21H2,1-4H3,(H,38,43). The number of aromatic nitrogens is 3. The first-order valence-corrected chi connectivity index (χ1v) is 16.9. The van der Waals surface area contributed by atoms with Crippen LogP contribution in [0.4, 0.5) is 10.2 Å². The van der Waals surface area contributed by atoms with Gasteiger partial charge in [0.15, 0.2) is 5.82 Å². The molecular weight excluding hydrogens is 589 g/mol. The summed E-state index contributed by atoms with van der Waals surface area (Å²) >= 11 is 0. The summed E-state index contributed by atoms with van der Waals surface area (Å²) in [7, 11) is 1.67. The highest BCUT2D eigenvalue weighted by Gasteiger charge is 2.48. The molecule has 2 aromatic rings. The molecule has 1 saturated carbocycles. The lowest BCUT2D eigenvalue weighted by atomic mass is 9.71. The molecule has 4 heterocycles. The Bertz CT molecular complexity index is 1400. The third-order valence-electron chi connectivity index (χ3n) is 10.8. The maximum atomic E-state index is 14.3. The molecule has 0 radical (unpaired) electrons. The average molecular weight is 638 g/mol. The molecule has 4 fully saturated rings. The van der Waals surface area contributed by atoms with E-state index in [2.05, 4.69) is 30.3 Å². The van der Waals surface area contributed by atoms with Crippen LogP contribution in [0.1, 0.15) is 76.1 Å². The number of methoxy groups -OCH3 is 1. The van der Waals surface area contributed by atoms with Gasteiger partial charge in [-0.3, -0.25) is 9.59 Å². The fraction of sp³-hybridized carbons (Fsp3) is 0.676. The van der Waals surface area contributed by atoms with Gasteiger partial charge in [0.25, 0.3) is 11.8 Å². The van der Waals surface area contributed by atoms with E-state index >= 15 is 0 Å². The Morgan fingerprint density at radius 1 is 1.17 bits per heavy atom. The number of piperidine rings is 1. The first kappa shape index (κ1) is 32.6. The van der Waals surface area contributed by atoms with Crippen molar-refractivity contribution in [3.8, 4) is 11.6 Å². The Kier molecular flexibility index (Phi) is 9.48. The van der Waals surface area contributed by atoms with Gasteiger partial charge < -0.3 is 29.5 Å². The van der Waals surface area contributed by atoms with Crippen molar-refractivity contribution in [2.75, 3.05) is 57.9 Å². The van der Waals surface area contributed by atoms with Gasteiger partial charge >= 0.3 is 0 Å². The van der Waals surface area contributed by atoms with E-state index in [0.717, 1.165) is 77.7 Å². The summed E-state index contributed by atoms with van der Waals surface area (Å²) in [5.41, 5.74) is 0.361. The molecule has 2 spiro atoms. The van der Waals surface area contributed by atoms with Crippen LogP contribution < -0.4 is 15.0 Å². The van der Waals surface area contributed by atoms with Gasteiger partial charge in [-0.25, -0.2) is 9.37 Å². The zero-order valence-corrected chi connectivity index (χ0v) is 27.6. The normalized spacial score (nSPS) is 26.0. The summed E-state index contributed by atoms with van der Waals surface area (Å²) in [4.78, 5) is 36.7. The zero-order valence-electron chi connectivity index (χ0n) is 27.6. The van der Waals surface area contributed by atoms with Gasteiger partial charge in [-0.2, -0.15) is 0 Å². The Morgan fingerprint density at radius 2 is 1.91 bits per heavy atom. The fourth-order valence-electron chi connectivity index (χ4n) is 8.16. The molecule has 11 nitrogen and oxygen atoms in total. The number of amides is 2. The molecule has 250 valence electrons. The molecule has 6 rings (SSSR count). The number of halogens is 1. The molecule has 2 amide bonds. The summed E-state index contributed by atoms with van der Waals surface area (Å²) in [6.07, 6.45) is 9.02. The number of ether oxygens (including phenoxy) is 2. The van der Waals surface area contributed by atoms with Crippen LogP contribution in [0, 0.1) is 23.1 Å². The van der Waals surface area contributed by atoms with E-state index in [0.29, 0.717) is 24.9 Å². The summed E-state index contributed by atoms with van der Waals surface area (Å²) in [6, 6.07) is 3.92. The Labute approximate surface area is 271 Å². The number of nitrogens with one attached hydrogen (secondary N) is 1. The van der Waals surface area contributed by atoms with Crippen molar-refractivity contribution in [2.24, 2.45) is 17.3 Å². The zero-order chi connectivity index (χ0) is 32.5. The summed E-state index contributed by atoms with van der Waals surface area (Å²) < 4.78 is 25.7. The van der Waals surface area contributed by atoms with Crippen LogP contribution in [0.3, 0.4) is 0 Å². The van der Waals surface area contributed by atoms with Gasteiger partial charge in [0.1, 0.15) is 17.9 Å². The van der Waals surface area contributed by atoms with Crippen molar-refractivity contribution in [1.82, 2.24) is 30.3 Å². The second kappa shape index (κ2) is 13.4. The fourth-order valence-corrected chi connectivity index (χ4v) is 8.16. The van der Waals surface area contributed by atoms with Crippen molar-refractivity contribution in [3.63, 3.8) is 0 Å². The Balaban J connectivity index is 1.02. The smallest absolute Gasteiger partial charge is 0.282 e. The quantitative estimate of drug-likeness (QED) is 0.408. The predicted molar refractivity (Wildman–Crippen MR) is 171 cm³/mol. The molecule has 1 aromatic heterocycles. The van der Waals surface area contributed by atoms with Gasteiger partial charge in [-0.15, -0.1) is 10.2 Å². The highest BCUT2D eigenvalue weighted by Crippen LogP contribution is 2.45. The van der Waals surface area contributed by atoms with Crippen LogP contribution in [0.2, 0.25) is 0 Å². The third kappa shape index (κ3) is 6.69. The van der Waals surface area contributed by atoms with E-state index in [1.165, 1.54) is 24.5 Å². The van der Waals surface area contributed by atoms with Gasteiger partial charge in [0.2, 0.25) is 5.91 Å². The maximum absolute atomic E-state index is 14.3. The summed E-state index contributed by atoms with van der Waals surface area (Å²) in [5, 5.41) is 11.5. The van der Waals surface area contributed by atoms with Crippen molar-refractivity contribution >= 4 is 17.6 Å². The number of carbonyl (C=O) groups excluding carboxylic acids is 2. The van der Waals surface area contributed by atoms with E-state index in [4.69, 9.17) is 9.47 Å². The summed E-state index contributed by atoms with van der Waals surface area (Å²) in [5.74, 6) is 1.06. The van der Waals surface area contributed by atoms with E-state index in [-0.39, 0.29) is 51.9 Å². The first-order valence-electron chi connectivity index (χ1n) is 16.9. The number of carbonyl (C=O) groups is 2. The van der Waals surface area contributed by atoms with Gasteiger partial charge in [0.05, 0.1) is 18.1 Å². The minimum Gasteiger partial charge on any atom is -0.434 e. The SMILES string of the molecule is CCN(C(=O)c1cc(F)ccc1Oc1nncnc1N1CC2(CCN(CC3CCC4(CC3)CC(COC)C(=O)N4)CC2)C1)C(C)C. The monoisotopic (exact) mass is 637 g/mol. The molecule has 0 bridgehead atoms. The molecule has 4 aliphatic rings. The van der Waals surface area contributed by atoms with Crippen LogP contribution >= 0.6 is 0 Å². The van der Waals surface area contributed by atoms with E-state index in [9.17, 15) is 14.0 Å². The van der Waals surface area contributed by atoms with Crippen LogP contribution in [0.5, 0.6) is 11.6 Å². The van der Waals surface area contributed by atoms with Crippen LogP contribution in [-0.2, 0) is 9.53 Å². The van der Waals surface area contributed by atoms with Crippen LogP contribution in [0.15, 0.2) is 24.5 Å². The van der Waals surface area contributed by atoms with E-state index < -0.39 is 5.82 Å². The molecule has 1 N–H and O–H groups in total. The lowest BCUT2D eigenvalue weighted by Gasteiger charge is -2.54. The molecular formula is C34H48FN7O4. The number of anilines is 1. The molecule has 3 aliphatic heterocycles. The average Bonchev–Trinajstić information content (AvgIpc) is 3.33.